The van der Waals surface area contributed by atoms with Crippen molar-refractivity contribution in [3.8, 4) is 67.8 Å². The van der Waals surface area contributed by atoms with Crippen molar-refractivity contribution in [1.29, 1.82) is 0 Å². The summed E-state index contributed by atoms with van der Waals surface area (Å²) >= 11 is 0. The lowest BCUT2D eigenvalue weighted by atomic mass is 9.99. The predicted molar refractivity (Wildman–Crippen MR) is 203 cm³/mol. The zero-order valence-electron chi connectivity index (χ0n) is 27.4. The van der Waals surface area contributed by atoms with Crippen molar-refractivity contribution in [1.82, 2.24) is 24.6 Å². The number of pyridine rings is 1. The van der Waals surface area contributed by atoms with Crippen LogP contribution in [0.15, 0.2) is 170 Å². The van der Waals surface area contributed by atoms with Crippen LogP contribution in [0.2, 0.25) is 0 Å². The molecule has 5 nitrogen and oxygen atoms in total. The molecule has 0 atom stereocenters. The van der Waals surface area contributed by atoms with Gasteiger partial charge in [0.2, 0.25) is 0 Å². The van der Waals surface area contributed by atoms with Gasteiger partial charge in [-0.25, -0.2) is 19.5 Å². The zero-order valence-corrected chi connectivity index (χ0v) is 27.4. The third kappa shape index (κ3) is 5.31. The standard InChI is InChI=1S/C45H31N5/c1-30-41(49-50-40(32-14-5-2-6-15-32)29-37-20-11-12-23-39(37)42(30)50)33-26-24-31(25-27-33)36-21-13-22-38(28-36)45-47-43(34-16-7-3-8-17-34)46-44(48-45)35-18-9-4-10-19-35/h2-29H,1H3. The summed E-state index contributed by atoms with van der Waals surface area (Å²) in [5.41, 5.74) is 11.6. The number of benzene rings is 6. The fourth-order valence-corrected chi connectivity index (χ4v) is 6.72. The molecule has 0 aliphatic heterocycles. The second kappa shape index (κ2) is 12.4. The zero-order chi connectivity index (χ0) is 33.4. The van der Waals surface area contributed by atoms with Gasteiger partial charge in [-0.15, -0.1) is 0 Å². The molecule has 0 saturated carbocycles. The minimum absolute atomic E-state index is 0.637. The van der Waals surface area contributed by atoms with Crippen LogP contribution < -0.4 is 0 Å². The van der Waals surface area contributed by atoms with Gasteiger partial charge in [0, 0.05) is 38.8 Å². The van der Waals surface area contributed by atoms with Crippen molar-refractivity contribution < 1.29 is 0 Å². The maximum Gasteiger partial charge on any atom is 0.164 e. The first-order valence-electron chi connectivity index (χ1n) is 16.7. The molecule has 0 saturated heterocycles. The fraction of sp³-hybridized carbons (Fsp3) is 0.0222. The quantitative estimate of drug-likeness (QED) is 0.181. The Morgan fingerprint density at radius 1 is 0.400 bits per heavy atom. The molecule has 0 spiro atoms. The molecule has 9 rings (SSSR count). The molecule has 236 valence electrons. The highest BCUT2D eigenvalue weighted by Gasteiger charge is 2.18. The topological polar surface area (TPSA) is 56.0 Å². The lowest BCUT2D eigenvalue weighted by Crippen LogP contribution is -2.00. The van der Waals surface area contributed by atoms with Crippen molar-refractivity contribution >= 4 is 16.3 Å². The molecule has 0 aliphatic rings. The second-order valence-electron chi connectivity index (χ2n) is 12.4. The Labute approximate surface area is 290 Å². The van der Waals surface area contributed by atoms with E-state index in [0.29, 0.717) is 17.5 Å². The van der Waals surface area contributed by atoms with Crippen LogP contribution >= 0.6 is 0 Å². The van der Waals surface area contributed by atoms with Crippen molar-refractivity contribution in [3.05, 3.63) is 175 Å². The highest BCUT2D eigenvalue weighted by Crippen LogP contribution is 2.36. The Morgan fingerprint density at radius 2 is 0.900 bits per heavy atom. The molecular formula is C45H31N5. The summed E-state index contributed by atoms with van der Waals surface area (Å²) in [6, 6.07) is 58.5. The van der Waals surface area contributed by atoms with E-state index in [1.54, 1.807) is 0 Å². The van der Waals surface area contributed by atoms with Crippen LogP contribution in [-0.2, 0) is 0 Å². The first-order valence-corrected chi connectivity index (χ1v) is 16.7. The van der Waals surface area contributed by atoms with Crippen LogP contribution in [0.3, 0.4) is 0 Å². The third-order valence-corrected chi connectivity index (χ3v) is 9.24. The van der Waals surface area contributed by atoms with E-state index in [1.165, 1.54) is 10.8 Å². The number of aryl methyl sites for hydroxylation is 1. The van der Waals surface area contributed by atoms with Gasteiger partial charge in [0.25, 0.3) is 0 Å². The van der Waals surface area contributed by atoms with Crippen LogP contribution in [-0.4, -0.2) is 24.6 Å². The molecule has 0 N–H and O–H groups in total. The van der Waals surface area contributed by atoms with E-state index in [-0.39, 0.29) is 0 Å². The van der Waals surface area contributed by atoms with Gasteiger partial charge in [-0.3, -0.25) is 0 Å². The average Bonchev–Trinajstić information content (AvgIpc) is 3.55. The second-order valence-corrected chi connectivity index (χ2v) is 12.4. The summed E-state index contributed by atoms with van der Waals surface area (Å²) in [6.07, 6.45) is 0. The maximum absolute atomic E-state index is 5.23. The fourth-order valence-electron chi connectivity index (χ4n) is 6.72. The summed E-state index contributed by atoms with van der Waals surface area (Å²) in [4.78, 5) is 14.7. The third-order valence-electron chi connectivity index (χ3n) is 9.24. The van der Waals surface area contributed by atoms with Crippen molar-refractivity contribution in [2.75, 3.05) is 0 Å². The minimum atomic E-state index is 0.637. The number of fused-ring (bicyclic) bond motifs is 3. The van der Waals surface area contributed by atoms with Crippen molar-refractivity contribution in [2.24, 2.45) is 0 Å². The van der Waals surface area contributed by atoms with Gasteiger partial charge in [0.15, 0.2) is 17.5 Å². The van der Waals surface area contributed by atoms with Gasteiger partial charge in [0.05, 0.1) is 16.9 Å². The summed E-state index contributed by atoms with van der Waals surface area (Å²) in [5, 5.41) is 7.62. The van der Waals surface area contributed by atoms with Crippen molar-refractivity contribution in [3.63, 3.8) is 0 Å². The molecule has 0 unspecified atom stereocenters. The van der Waals surface area contributed by atoms with E-state index in [4.69, 9.17) is 20.1 Å². The monoisotopic (exact) mass is 641 g/mol. The van der Waals surface area contributed by atoms with Crippen LogP contribution in [0.4, 0.5) is 0 Å². The molecule has 0 fully saturated rings. The molecule has 0 bridgehead atoms. The highest BCUT2D eigenvalue weighted by molar-refractivity contribution is 6.01. The molecule has 50 heavy (non-hydrogen) atoms. The van der Waals surface area contributed by atoms with Gasteiger partial charge in [-0.2, -0.15) is 5.10 Å². The number of hydrogen-bond acceptors (Lipinski definition) is 4. The van der Waals surface area contributed by atoms with E-state index < -0.39 is 0 Å². The van der Waals surface area contributed by atoms with Crippen LogP contribution in [0, 0.1) is 6.92 Å². The summed E-state index contributed by atoms with van der Waals surface area (Å²) in [6.45, 7) is 2.18. The van der Waals surface area contributed by atoms with Gasteiger partial charge >= 0.3 is 0 Å². The Kier molecular flexibility index (Phi) is 7.29. The minimum Gasteiger partial charge on any atom is -0.232 e. The van der Waals surface area contributed by atoms with Crippen LogP contribution in [0.5, 0.6) is 0 Å². The molecule has 5 heteroatoms. The smallest absolute Gasteiger partial charge is 0.164 e. The average molecular weight is 642 g/mol. The van der Waals surface area contributed by atoms with Gasteiger partial charge < -0.3 is 0 Å². The van der Waals surface area contributed by atoms with Gasteiger partial charge in [-0.05, 0) is 35.6 Å². The molecule has 0 radical (unpaired) electrons. The lowest BCUT2D eigenvalue weighted by molar-refractivity contribution is 0.979. The normalized spacial score (nSPS) is 11.3. The van der Waals surface area contributed by atoms with Gasteiger partial charge in [0.1, 0.15) is 0 Å². The first-order chi connectivity index (χ1) is 24.7. The SMILES string of the molecule is Cc1c(-c2ccc(-c3cccc(-c4nc(-c5ccccc5)nc(-c5ccccc5)n4)c3)cc2)nn2c(-c3ccccc3)cc3ccccc3c12. The van der Waals surface area contributed by atoms with Crippen LogP contribution in [0.1, 0.15) is 5.56 Å². The Morgan fingerprint density at radius 3 is 1.54 bits per heavy atom. The predicted octanol–water partition coefficient (Wildman–Crippen LogP) is 11.0. The highest BCUT2D eigenvalue weighted by atomic mass is 15.2. The van der Waals surface area contributed by atoms with E-state index in [2.05, 4.69) is 115 Å². The van der Waals surface area contributed by atoms with Gasteiger partial charge in [-0.1, -0.05) is 158 Å². The molecule has 3 aromatic heterocycles. The number of hydrogen-bond donors (Lipinski definition) is 0. The molecule has 3 heterocycles. The molecule has 6 aromatic carbocycles. The Balaban J connectivity index is 1.11. The molecule has 0 aliphatic carbocycles. The Bertz CT molecular complexity index is 2570. The van der Waals surface area contributed by atoms with E-state index >= 15 is 0 Å². The molecular weight excluding hydrogens is 611 g/mol. The molecule has 0 amide bonds. The van der Waals surface area contributed by atoms with E-state index in [0.717, 1.165) is 61.4 Å². The van der Waals surface area contributed by atoms with E-state index in [9.17, 15) is 0 Å². The number of aromatic nitrogens is 5. The number of rotatable bonds is 6. The number of nitrogens with zero attached hydrogens (tertiary/aromatic N) is 5. The largest absolute Gasteiger partial charge is 0.232 e. The van der Waals surface area contributed by atoms with Crippen molar-refractivity contribution in [2.45, 2.75) is 6.92 Å². The summed E-state index contributed by atoms with van der Waals surface area (Å²) < 4.78 is 2.11. The summed E-state index contributed by atoms with van der Waals surface area (Å²) in [7, 11) is 0. The Hall–Kier alpha value is -6.72. The van der Waals surface area contributed by atoms with Crippen LogP contribution in [0.25, 0.3) is 84.1 Å². The van der Waals surface area contributed by atoms with E-state index in [1.807, 2.05) is 66.7 Å². The molecule has 9 aromatic rings. The summed E-state index contributed by atoms with van der Waals surface area (Å²) in [5.74, 6) is 1.93. The lowest BCUT2D eigenvalue weighted by Gasteiger charge is -2.10. The first kappa shape index (κ1) is 29.4. The maximum atomic E-state index is 5.23.